The predicted molar refractivity (Wildman–Crippen MR) is 453 cm³/mol. The van der Waals surface area contributed by atoms with E-state index in [1.165, 1.54) is 144 Å². The average Bonchev–Trinajstić information content (AvgIpc) is 1.59. The van der Waals surface area contributed by atoms with Crippen molar-refractivity contribution in [3.05, 3.63) is 384 Å². The maximum absolute atomic E-state index is 4.73. The van der Waals surface area contributed by atoms with Gasteiger partial charge in [0, 0.05) is 87.2 Å². The summed E-state index contributed by atoms with van der Waals surface area (Å²) >= 11 is 0. The van der Waals surface area contributed by atoms with E-state index < -0.39 is 0 Å². The number of rotatable bonds is 15. The van der Waals surface area contributed by atoms with Gasteiger partial charge in [-0.25, -0.2) is 0 Å². The Morgan fingerprint density at radius 3 is 1.14 bits per heavy atom. The third-order valence-electron chi connectivity index (χ3n) is 21.5. The fourth-order valence-corrected chi connectivity index (χ4v) is 16.7. The van der Waals surface area contributed by atoms with Crippen LogP contribution in [0.4, 0.5) is 0 Å². The number of fused-ring (bicyclic) bond motifs is 6. The summed E-state index contributed by atoms with van der Waals surface area (Å²) in [6, 6.07) is 108. The van der Waals surface area contributed by atoms with Gasteiger partial charge < -0.3 is 22.8 Å². The molecule has 13 aromatic carbocycles. The largest absolute Gasteiger partial charge is 3.00 e. The second kappa shape index (κ2) is 31.9. The number of para-hydroxylation sites is 2. The van der Waals surface area contributed by atoms with E-state index in [0.717, 1.165) is 52.7 Å². The van der Waals surface area contributed by atoms with Gasteiger partial charge in [0.15, 0.2) is 0 Å². The van der Waals surface area contributed by atoms with Gasteiger partial charge in [0.2, 0.25) is 0 Å². The summed E-state index contributed by atoms with van der Waals surface area (Å²) in [5, 5.41) is 5.02. The molecule has 0 aliphatic carbocycles. The van der Waals surface area contributed by atoms with Gasteiger partial charge in [-0.05, 0) is 207 Å². The topological polar surface area (TPSA) is 63.3 Å². The molecule has 9 heteroatoms. The summed E-state index contributed by atoms with van der Waals surface area (Å²) in [7, 11) is 0. The molecule has 0 saturated carbocycles. The van der Waals surface area contributed by atoms with Gasteiger partial charge in [0.1, 0.15) is 0 Å². The number of hydrogen-bond acceptors (Lipinski definition) is 3. The molecule has 18 aromatic rings. The fraction of sp³-hybridized carbons (Fsp3) is 0.139. The van der Waals surface area contributed by atoms with Crippen molar-refractivity contribution in [1.29, 1.82) is 0 Å². The zero-order chi connectivity index (χ0) is 74.8. The fourth-order valence-electron chi connectivity index (χ4n) is 16.7. The molecule has 0 aliphatic rings. The second-order valence-electron chi connectivity index (χ2n) is 29.1. The van der Waals surface area contributed by atoms with Crippen LogP contribution in [-0.2, 0) is 20.1 Å². The Kier molecular flexibility index (Phi) is 21.2. The van der Waals surface area contributed by atoms with Crippen LogP contribution in [0.15, 0.2) is 310 Å². The standard InChI is InChI=1S/C65H53N4.2C18H17N2.Ir/c1-5-46(53-37-44(3)64(45(4)38-53)67-35-34-66-65(67)48-20-10-7-11-21-48)36-43(2)49-22-16-24-54(39-49)68-60-28-14-13-27-57(60)59-42-52(31-33-63(59)68)50-23-17-25-55(40-50)69-61-29-15-12-26-56(61)58-41-51(30-32-62(58)69)47-18-8-6-9-19-47;2*1-13-11-14(2)17(15(3)12-13)20-10-9-19-18(20)16-7-5-4-6-8-16;/h6-20,22-35,37-43,46H,5,36H2,1-4H3;2*4-7,9-12H,1-3H3;/q3*-1;+3. The van der Waals surface area contributed by atoms with Crippen LogP contribution < -0.4 is 0 Å². The van der Waals surface area contributed by atoms with Crippen LogP contribution in [0, 0.1) is 73.6 Å². The number of hydrogen-bond donors (Lipinski definition) is 0. The summed E-state index contributed by atoms with van der Waals surface area (Å²) < 4.78 is 11.4. The van der Waals surface area contributed by atoms with Crippen molar-refractivity contribution >= 4 is 43.6 Å². The van der Waals surface area contributed by atoms with Gasteiger partial charge in [-0.2, -0.15) is 0 Å². The van der Waals surface area contributed by atoms with Crippen LogP contribution in [0.25, 0.3) is 128 Å². The quantitative estimate of drug-likeness (QED) is 0.0961. The Hall–Kier alpha value is -12.3. The molecular formula is C101H87IrN8. The molecule has 0 bridgehead atoms. The van der Waals surface area contributed by atoms with Crippen molar-refractivity contribution in [2.24, 2.45) is 0 Å². The number of nitrogens with zero attached hydrogens (tertiary/aromatic N) is 8. The van der Waals surface area contributed by atoms with Crippen molar-refractivity contribution in [1.82, 2.24) is 37.8 Å². The first-order valence-corrected chi connectivity index (χ1v) is 37.9. The van der Waals surface area contributed by atoms with Crippen LogP contribution in [0.2, 0.25) is 0 Å². The Bertz CT molecular complexity index is 6110. The minimum absolute atomic E-state index is 0. The molecule has 0 aliphatic heterocycles. The summed E-state index contributed by atoms with van der Waals surface area (Å²) in [4.78, 5) is 13.7. The molecule has 110 heavy (non-hydrogen) atoms. The maximum atomic E-state index is 4.73. The monoisotopic (exact) mass is 1600 g/mol. The second-order valence-corrected chi connectivity index (χ2v) is 29.1. The van der Waals surface area contributed by atoms with E-state index >= 15 is 0 Å². The molecule has 5 heterocycles. The molecule has 0 N–H and O–H groups in total. The van der Waals surface area contributed by atoms with Crippen LogP contribution in [0.3, 0.4) is 0 Å². The van der Waals surface area contributed by atoms with Gasteiger partial charge in [-0.1, -0.05) is 165 Å². The number of aryl methyl sites for hydroxylation is 8. The molecule has 8 nitrogen and oxygen atoms in total. The Morgan fingerprint density at radius 2 is 0.700 bits per heavy atom. The molecule has 2 unspecified atom stereocenters. The summed E-state index contributed by atoms with van der Waals surface area (Å²) in [6.07, 6.45) is 13.8. The first kappa shape index (κ1) is 73.3. The molecular weight excluding hydrogens is 1520 g/mol. The number of imidazole rings is 3. The van der Waals surface area contributed by atoms with Gasteiger partial charge in [-0.3, -0.25) is 15.0 Å². The van der Waals surface area contributed by atoms with Crippen LogP contribution >= 0.6 is 0 Å². The van der Waals surface area contributed by atoms with Crippen LogP contribution in [0.1, 0.15) is 94.2 Å². The first-order chi connectivity index (χ1) is 53.2. The third-order valence-corrected chi connectivity index (χ3v) is 21.5. The molecule has 5 aromatic heterocycles. The van der Waals surface area contributed by atoms with E-state index in [9.17, 15) is 0 Å². The minimum atomic E-state index is 0. The molecule has 18 rings (SSSR count). The minimum Gasteiger partial charge on any atom is -0.340 e. The zero-order valence-corrected chi connectivity index (χ0v) is 66.3. The summed E-state index contributed by atoms with van der Waals surface area (Å²) in [5.74, 6) is 3.56. The van der Waals surface area contributed by atoms with Gasteiger partial charge >= 0.3 is 20.1 Å². The normalized spacial score (nSPS) is 11.8. The van der Waals surface area contributed by atoms with Crippen molar-refractivity contribution in [3.63, 3.8) is 0 Å². The number of benzene rings is 13. The van der Waals surface area contributed by atoms with Crippen LogP contribution in [0.5, 0.6) is 0 Å². The van der Waals surface area contributed by atoms with E-state index in [2.05, 4.69) is 333 Å². The molecule has 0 amide bonds. The third kappa shape index (κ3) is 14.5. The molecule has 0 fully saturated rings. The number of aromatic nitrogens is 8. The van der Waals surface area contributed by atoms with Crippen LogP contribution in [-0.4, -0.2) is 37.8 Å². The van der Waals surface area contributed by atoms with Gasteiger partial charge in [-0.15, -0.1) is 108 Å². The smallest absolute Gasteiger partial charge is 0.340 e. The Morgan fingerprint density at radius 1 is 0.327 bits per heavy atom. The molecule has 0 radical (unpaired) electrons. The SMILES string of the molecule is CCC(CC(C)c1cccc(-n2c3ccccc3c3cc(-c4cccc(-n5c6ccccc6c6cc(-c7ccccc7)ccc65)c4)ccc32)c1)c1cc(C)c(-n2ccnc2-c2[c-]cccc2)c(C)c1.Cc1cc(C)c(-n2ccnc2-c2[c-]cccc2)c(C)c1.Cc1cc(C)c(-n2ccnc2-c2[c-]cccc2)c(C)c1.[Ir+3]. The van der Waals surface area contributed by atoms with Crippen molar-refractivity contribution in [3.8, 4) is 84.9 Å². The predicted octanol–water partition coefficient (Wildman–Crippen LogP) is 25.7. The Labute approximate surface area is 659 Å². The van der Waals surface area contributed by atoms with Gasteiger partial charge in [0.05, 0.1) is 39.5 Å². The van der Waals surface area contributed by atoms with E-state index in [-0.39, 0.29) is 20.1 Å². The first-order valence-electron chi connectivity index (χ1n) is 37.9. The van der Waals surface area contributed by atoms with E-state index in [1.807, 2.05) is 97.7 Å². The van der Waals surface area contributed by atoms with E-state index in [0.29, 0.717) is 11.8 Å². The summed E-state index contributed by atoms with van der Waals surface area (Å²) in [6.45, 7) is 22.1. The maximum Gasteiger partial charge on any atom is 3.00 e. The Balaban J connectivity index is 0.000000189. The van der Waals surface area contributed by atoms with Crippen molar-refractivity contribution in [2.45, 2.75) is 93.9 Å². The van der Waals surface area contributed by atoms with Gasteiger partial charge in [0.25, 0.3) is 0 Å². The van der Waals surface area contributed by atoms with Crippen molar-refractivity contribution < 1.29 is 20.1 Å². The molecule has 2 atom stereocenters. The average molecular weight is 1610 g/mol. The zero-order valence-electron chi connectivity index (χ0n) is 63.9. The molecule has 0 spiro atoms. The van der Waals surface area contributed by atoms with E-state index in [1.54, 1.807) is 0 Å². The molecule has 540 valence electrons. The summed E-state index contributed by atoms with van der Waals surface area (Å²) in [5.41, 5.74) is 31.6. The van der Waals surface area contributed by atoms with E-state index in [4.69, 9.17) is 4.98 Å². The van der Waals surface area contributed by atoms with Crippen molar-refractivity contribution in [2.75, 3.05) is 0 Å². The molecule has 0 saturated heterocycles.